The van der Waals surface area contributed by atoms with Crippen molar-refractivity contribution in [2.75, 3.05) is 12.4 Å². The van der Waals surface area contributed by atoms with Crippen molar-refractivity contribution in [2.24, 2.45) is 0 Å². The van der Waals surface area contributed by atoms with Gasteiger partial charge in [0.2, 0.25) is 0 Å². The van der Waals surface area contributed by atoms with Gasteiger partial charge in [-0.25, -0.2) is 15.0 Å². The van der Waals surface area contributed by atoms with Crippen molar-refractivity contribution in [1.29, 1.82) is 0 Å². The molecule has 0 aliphatic rings. The molecule has 4 rings (SSSR count). The number of allylic oxidation sites excluding steroid dienone is 2. The Labute approximate surface area is 181 Å². The van der Waals surface area contributed by atoms with Crippen molar-refractivity contribution in [3.05, 3.63) is 77.0 Å². The second kappa shape index (κ2) is 10.00. The standard InChI is InChI=1S/C22H18N4O2S2/c27-17(7-10-19-2-1-12-29-19)6-3-16-4-8-18(9-5-16)28-11-13-30-22-20-21(24-14-23-20)25-15-26-22/h1-10,12,14-15H,11,13H2,(H,23,24,25,26)/b6-3+,10-7+. The van der Waals surface area contributed by atoms with E-state index in [0.717, 1.165) is 32.5 Å². The van der Waals surface area contributed by atoms with Gasteiger partial charge in [-0.15, -0.1) is 23.1 Å². The van der Waals surface area contributed by atoms with Crippen LogP contribution in [0.5, 0.6) is 5.75 Å². The topological polar surface area (TPSA) is 80.8 Å². The Morgan fingerprint density at radius 1 is 1.10 bits per heavy atom. The summed E-state index contributed by atoms with van der Waals surface area (Å²) < 4.78 is 5.79. The van der Waals surface area contributed by atoms with Gasteiger partial charge in [0.05, 0.1) is 12.9 Å². The van der Waals surface area contributed by atoms with Crippen LogP contribution in [0.15, 0.2) is 71.6 Å². The molecule has 150 valence electrons. The number of H-pyrrole nitrogens is 1. The number of carbonyl (C=O) groups excluding carboxylic acids is 1. The van der Waals surface area contributed by atoms with E-state index in [9.17, 15) is 4.79 Å². The monoisotopic (exact) mass is 434 g/mol. The maximum Gasteiger partial charge on any atom is 0.181 e. The summed E-state index contributed by atoms with van der Waals surface area (Å²) in [5.41, 5.74) is 2.45. The lowest BCUT2D eigenvalue weighted by Gasteiger charge is -2.06. The average molecular weight is 435 g/mol. The van der Waals surface area contributed by atoms with Gasteiger partial charge in [0.1, 0.15) is 22.6 Å². The van der Waals surface area contributed by atoms with Gasteiger partial charge in [0, 0.05) is 10.6 Å². The minimum absolute atomic E-state index is 0.0446. The van der Waals surface area contributed by atoms with Crippen LogP contribution in [0.1, 0.15) is 10.4 Å². The van der Waals surface area contributed by atoms with Crippen molar-refractivity contribution in [3.8, 4) is 5.75 Å². The Balaban J connectivity index is 1.23. The number of imidazole rings is 1. The number of thioether (sulfide) groups is 1. The summed E-state index contributed by atoms with van der Waals surface area (Å²) in [7, 11) is 0. The predicted octanol–water partition coefficient (Wildman–Crippen LogP) is 4.88. The minimum atomic E-state index is -0.0446. The zero-order chi connectivity index (χ0) is 20.6. The molecule has 3 heterocycles. The molecule has 1 aromatic carbocycles. The fourth-order valence-corrected chi connectivity index (χ4v) is 4.00. The van der Waals surface area contributed by atoms with Crippen LogP contribution in [0.2, 0.25) is 0 Å². The third kappa shape index (κ3) is 5.43. The molecule has 0 unspecified atom stereocenters. The van der Waals surface area contributed by atoms with E-state index in [-0.39, 0.29) is 5.78 Å². The molecule has 8 heteroatoms. The summed E-state index contributed by atoms with van der Waals surface area (Å²) in [6.45, 7) is 0.547. The summed E-state index contributed by atoms with van der Waals surface area (Å²) in [6.07, 6.45) is 9.89. The lowest BCUT2D eigenvalue weighted by molar-refractivity contribution is -0.110. The molecule has 0 amide bonds. The molecule has 4 aromatic rings. The molecule has 0 radical (unpaired) electrons. The lowest BCUT2D eigenvalue weighted by Crippen LogP contribution is -2.00. The first-order valence-corrected chi connectivity index (χ1v) is 11.1. The van der Waals surface area contributed by atoms with E-state index >= 15 is 0 Å². The molecule has 3 aromatic heterocycles. The highest BCUT2D eigenvalue weighted by Gasteiger charge is 2.06. The van der Waals surface area contributed by atoms with Crippen LogP contribution in [0.4, 0.5) is 0 Å². The number of nitrogens with one attached hydrogen (secondary N) is 1. The van der Waals surface area contributed by atoms with Crippen LogP contribution in [0, 0.1) is 0 Å². The minimum Gasteiger partial charge on any atom is -0.493 e. The summed E-state index contributed by atoms with van der Waals surface area (Å²) in [5, 5.41) is 2.84. The molecule has 0 fully saturated rings. The summed E-state index contributed by atoms with van der Waals surface area (Å²) in [4.78, 5) is 28.6. The normalized spacial score (nSPS) is 11.6. The largest absolute Gasteiger partial charge is 0.493 e. The average Bonchev–Trinajstić information content (AvgIpc) is 3.47. The number of benzene rings is 1. The SMILES string of the molecule is O=C(/C=C/c1ccc(OCCSc2ncnc3nc[nH]c23)cc1)/C=C/c1cccs1. The molecule has 0 spiro atoms. The van der Waals surface area contributed by atoms with Gasteiger partial charge in [0.25, 0.3) is 0 Å². The first-order chi connectivity index (χ1) is 14.8. The molecule has 30 heavy (non-hydrogen) atoms. The summed E-state index contributed by atoms with van der Waals surface area (Å²) >= 11 is 3.19. The van der Waals surface area contributed by atoms with E-state index in [1.807, 2.05) is 47.9 Å². The van der Waals surface area contributed by atoms with Crippen molar-refractivity contribution < 1.29 is 9.53 Å². The summed E-state index contributed by atoms with van der Waals surface area (Å²) in [5.74, 6) is 1.49. The maximum atomic E-state index is 11.9. The van der Waals surface area contributed by atoms with Crippen LogP contribution >= 0.6 is 23.1 Å². The highest BCUT2D eigenvalue weighted by atomic mass is 32.2. The van der Waals surface area contributed by atoms with Crippen molar-refractivity contribution in [3.63, 3.8) is 0 Å². The number of carbonyl (C=O) groups is 1. The Hall–Kier alpha value is -3.23. The maximum absolute atomic E-state index is 11.9. The number of hydrogen-bond donors (Lipinski definition) is 1. The van der Waals surface area contributed by atoms with Gasteiger partial charge in [-0.05, 0) is 47.4 Å². The number of aromatic amines is 1. The Morgan fingerprint density at radius 2 is 1.97 bits per heavy atom. The zero-order valence-corrected chi connectivity index (χ0v) is 17.5. The van der Waals surface area contributed by atoms with Crippen molar-refractivity contribution in [2.45, 2.75) is 5.03 Å². The van der Waals surface area contributed by atoms with Crippen LogP contribution in [-0.2, 0) is 4.79 Å². The summed E-state index contributed by atoms with van der Waals surface area (Å²) in [6, 6.07) is 11.6. The lowest BCUT2D eigenvalue weighted by atomic mass is 10.2. The van der Waals surface area contributed by atoms with E-state index in [2.05, 4.69) is 19.9 Å². The highest BCUT2D eigenvalue weighted by Crippen LogP contribution is 2.22. The molecule has 0 saturated heterocycles. The van der Waals surface area contributed by atoms with Gasteiger partial charge in [-0.1, -0.05) is 24.3 Å². The fourth-order valence-electron chi connectivity index (χ4n) is 2.61. The first kappa shape index (κ1) is 20.1. The predicted molar refractivity (Wildman–Crippen MR) is 122 cm³/mol. The van der Waals surface area contributed by atoms with E-state index < -0.39 is 0 Å². The molecular formula is C22H18N4O2S2. The quantitative estimate of drug-likeness (QED) is 0.175. The number of rotatable bonds is 9. The van der Waals surface area contributed by atoms with Crippen LogP contribution in [0.25, 0.3) is 23.3 Å². The number of ketones is 1. The number of ether oxygens (including phenoxy) is 1. The second-order valence-corrected chi connectivity index (χ2v) is 8.19. The van der Waals surface area contributed by atoms with Gasteiger partial charge in [0.15, 0.2) is 11.4 Å². The third-order valence-corrected chi connectivity index (χ3v) is 5.85. The molecule has 0 aliphatic heterocycles. The van der Waals surface area contributed by atoms with E-state index in [4.69, 9.17) is 4.74 Å². The molecule has 0 bridgehead atoms. The molecule has 0 aliphatic carbocycles. The van der Waals surface area contributed by atoms with Crippen molar-refractivity contribution >= 4 is 52.2 Å². The van der Waals surface area contributed by atoms with Crippen LogP contribution < -0.4 is 4.74 Å². The fraction of sp³-hybridized carbons (Fsp3) is 0.0909. The van der Waals surface area contributed by atoms with Gasteiger partial charge < -0.3 is 9.72 Å². The highest BCUT2D eigenvalue weighted by molar-refractivity contribution is 7.99. The molecule has 6 nitrogen and oxygen atoms in total. The molecule has 0 saturated carbocycles. The number of fused-ring (bicyclic) bond motifs is 1. The van der Waals surface area contributed by atoms with E-state index in [0.29, 0.717) is 12.3 Å². The van der Waals surface area contributed by atoms with Crippen molar-refractivity contribution in [1.82, 2.24) is 19.9 Å². The number of hydrogen-bond acceptors (Lipinski definition) is 7. The number of aromatic nitrogens is 4. The number of thiophene rings is 1. The molecule has 1 N–H and O–H groups in total. The van der Waals surface area contributed by atoms with Gasteiger partial charge in [-0.2, -0.15) is 0 Å². The Bertz CT molecular complexity index is 1170. The zero-order valence-electron chi connectivity index (χ0n) is 15.9. The molecule has 0 atom stereocenters. The second-order valence-electron chi connectivity index (χ2n) is 6.13. The van der Waals surface area contributed by atoms with Crippen LogP contribution in [-0.4, -0.2) is 38.1 Å². The Kier molecular flexibility index (Phi) is 6.68. The number of nitrogens with zero attached hydrogens (tertiary/aromatic N) is 3. The third-order valence-electron chi connectivity index (χ3n) is 4.05. The smallest absolute Gasteiger partial charge is 0.181 e. The first-order valence-electron chi connectivity index (χ1n) is 9.21. The van der Waals surface area contributed by atoms with Crippen LogP contribution in [0.3, 0.4) is 0 Å². The molecular weight excluding hydrogens is 416 g/mol. The van der Waals surface area contributed by atoms with E-state index in [1.54, 1.807) is 47.7 Å². The van der Waals surface area contributed by atoms with E-state index in [1.165, 1.54) is 6.33 Å². The van der Waals surface area contributed by atoms with Gasteiger partial charge in [-0.3, -0.25) is 4.79 Å². The Morgan fingerprint density at radius 3 is 2.80 bits per heavy atom. The van der Waals surface area contributed by atoms with Gasteiger partial charge >= 0.3 is 0 Å².